The molecule has 0 fully saturated rings. The Labute approximate surface area is 151 Å². The topological polar surface area (TPSA) is 73.3 Å². The minimum atomic E-state index is -0.357. The van der Waals surface area contributed by atoms with Crippen molar-refractivity contribution in [2.24, 2.45) is 5.92 Å². The Balaban J connectivity index is 1.76. The summed E-state index contributed by atoms with van der Waals surface area (Å²) >= 11 is 0. The summed E-state index contributed by atoms with van der Waals surface area (Å²) in [5, 5.41) is 10.9. The Kier molecular flexibility index (Phi) is 5.35. The molecule has 0 bridgehead atoms. The van der Waals surface area contributed by atoms with Crippen LogP contribution in [-0.4, -0.2) is 35.9 Å². The van der Waals surface area contributed by atoms with Crippen LogP contribution in [0.5, 0.6) is 11.6 Å². The van der Waals surface area contributed by atoms with Crippen LogP contribution in [0.4, 0.5) is 4.39 Å². The van der Waals surface area contributed by atoms with Gasteiger partial charge < -0.3 is 14.8 Å². The number of ether oxygens (including phenoxy) is 2. The maximum Gasteiger partial charge on any atom is 0.233 e. The number of carbonyl (C=O) groups excluding carboxylic acids is 1. The Bertz CT molecular complexity index is 793. The van der Waals surface area contributed by atoms with Gasteiger partial charge in [-0.25, -0.2) is 4.39 Å². The molecule has 1 amide bonds. The number of aromatic nitrogens is 2. The van der Waals surface area contributed by atoms with E-state index >= 15 is 0 Å². The molecular weight excluding hydrogens is 337 g/mol. The SMILES string of the molecule is COc1ccc(-c2cc(F)cc3c2OC(CNC(=O)CC(C)C)C3)nn1. The number of benzene rings is 1. The van der Waals surface area contributed by atoms with E-state index in [-0.39, 0.29) is 17.8 Å². The quantitative estimate of drug-likeness (QED) is 0.859. The zero-order valence-corrected chi connectivity index (χ0v) is 15.1. The number of hydrogen-bond acceptors (Lipinski definition) is 5. The predicted octanol–water partition coefficient (Wildman–Crippen LogP) is 2.76. The first-order valence-corrected chi connectivity index (χ1v) is 8.60. The van der Waals surface area contributed by atoms with E-state index in [1.54, 1.807) is 12.1 Å². The van der Waals surface area contributed by atoms with Gasteiger partial charge in [-0.1, -0.05) is 13.8 Å². The van der Waals surface area contributed by atoms with Gasteiger partial charge in [0.1, 0.15) is 17.7 Å². The Morgan fingerprint density at radius 1 is 1.38 bits per heavy atom. The monoisotopic (exact) mass is 359 g/mol. The highest BCUT2D eigenvalue weighted by atomic mass is 19.1. The van der Waals surface area contributed by atoms with Gasteiger partial charge in [0.25, 0.3) is 0 Å². The number of halogens is 1. The summed E-state index contributed by atoms with van der Waals surface area (Å²) in [5.41, 5.74) is 1.82. The number of amides is 1. The van der Waals surface area contributed by atoms with Crippen molar-refractivity contribution in [2.45, 2.75) is 32.8 Å². The molecule has 2 heterocycles. The number of fused-ring (bicyclic) bond motifs is 1. The third-order valence-electron chi connectivity index (χ3n) is 4.11. The lowest BCUT2D eigenvalue weighted by molar-refractivity contribution is -0.122. The molecule has 3 rings (SSSR count). The van der Waals surface area contributed by atoms with Crippen LogP contribution in [0.3, 0.4) is 0 Å². The molecule has 0 saturated carbocycles. The fraction of sp³-hybridized carbons (Fsp3) is 0.421. The van der Waals surface area contributed by atoms with Gasteiger partial charge in [-0.2, -0.15) is 0 Å². The summed E-state index contributed by atoms with van der Waals surface area (Å²) < 4.78 is 25.0. The maximum absolute atomic E-state index is 14.0. The lowest BCUT2D eigenvalue weighted by atomic mass is 10.0. The highest BCUT2D eigenvalue weighted by Gasteiger charge is 2.28. The second kappa shape index (κ2) is 7.68. The van der Waals surface area contributed by atoms with Gasteiger partial charge in [-0.05, 0) is 24.1 Å². The molecule has 26 heavy (non-hydrogen) atoms. The average molecular weight is 359 g/mol. The molecule has 1 aliphatic rings. The molecule has 0 spiro atoms. The van der Waals surface area contributed by atoms with Gasteiger partial charge in [-0.15, -0.1) is 10.2 Å². The standard InChI is InChI=1S/C19H22FN3O3/c1-11(2)6-17(24)21-10-14-8-12-7-13(20)9-15(19(12)26-14)16-4-5-18(25-3)23-22-16/h4-5,7,9,11,14H,6,8,10H2,1-3H3,(H,21,24). The number of carbonyl (C=O) groups is 1. The summed E-state index contributed by atoms with van der Waals surface area (Å²) in [7, 11) is 1.50. The Morgan fingerprint density at radius 2 is 2.19 bits per heavy atom. The lowest BCUT2D eigenvalue weighted by Crippen LogP contribution is -2.34. The van der Waals surface area contributed by atoms with E-state index in [0.29, 0.717) is 48.2 Å². The van der Waals surface area contributed by atoms with Gasteiger partial charge in [0, 0.05) is 30.0 Å². The molecule has 0 saturated heterocycles. The summed E-state index contributed by atoms with van der Waals surface area (Å²) in [6.07, 6.45) is 0.778. The van der Waals surface area contributed by atoms with Crippen LogP contribution in [0.2, 0.25) is 0 Å². The second-order valence-corrected chi connectivity index (χ2v) is 6.75. The van der Waals surface area contributed by atoms with Crippen molar-refractivity contribution in [2.75, 3.05) is 13.7 Å². The third-order valence-corrected chi connectivity index (χ3v) is 4.11. The number of hydrogen-bond donors (Lipinski definition) is 1. The minimum Gasteiger partial charge on any atom is -0.487 e. The Morgan fingerprint density at radius 3 is 2.85 bits per heavy atom. The van der Waals surface area contributed by atoms with Crippen LogP contribution < -0.4 is 14.8 Å². The van der Waals surface area contributed by atoms with Crippen molar-refractivity contribution in [3.8, 4) is 22.9 Å². The molecule has 6 nitrogen and oxygen atoms in total. The molecule has 1 N–H and O–H groups in total. The van der Waals surface area contributed by atoms with Crippen LogP contribution in [0.25, 0.3) is 11.3 Å². The van der Waals surface area contributed by atoms with E-state index in [2.05, 4.69) is 15.5 Å². The zero-order valence-electron chi connectivity index (χ0n) is 15.1. The number of nitrogens with one attached hydrogen (secondary N) is 1. The predicted molar refractivity (Wildman–Crippen MR) is 94.6 cm³/mol. The molecule has 1 atom stereocenters. The van der Waals surface area contributed by atoms with Gasteiger partial charge in [0.2, 0.25) is 11.8 Å². The van der Waals surface area contributed by atoms with Gasteiger partial charge in [0.05, 0.1) is 19.3 Å². The largest absolute Gasteiger partial charge is 0.487 e. The molecule has 1 aromatic carbocycles. The average Bonchev–Trinajstić information content (AvgIpc) is 3.01. The summed E-state index contributed by atoms with van der Waals surface area (Å²) in [6.45, 7) is 4.37. The van der Waals surface area contributed by atoms with Crippen LogP contribution in [0.15, 0.2) is 24.3 Å². The number of rotatable bonds is 6. The third kappa shape index (κ3) is 4.09. The van der Waals surface area contributed by atoms with E-state index < -0.39 is 0 Å². The summed E-state index contributed by atoms with van der Waals surface area (Å²) in [4.78, 5) is 11.8. The first-order valence-electron chi connectivity index (χ1n) is 8.60. The molecule has 0 aliphatic carbocycles. The van der Waals surface area contributed by atoms with Crippen molar-refractivity contribution in [1.29, 1.82) is 0 Å². The van der Waals surface area contributed by atoms with Crippen LogP contribution in [-0.2, 0) is 11.2 Å². The van der Waals surface area contributed by atoms with E-state index in [9.17, 15) is 9.18 Å². The highest BCUT2D eigenvalue weighted by Crippen LogP contribution is 2.38. The van der Waals surface area contributed by atoms with Gasteiger partial charge >= 0.3 is 0 Å². The summed E-state index contributed by atoms with van der Waals surface area (Å²) in [5.74, 6) is 0.907. The minimum absolute atomic E-state index is 0.00742. The molecule has 1 aromatic heterocycles. The molecule has 0 radical (unpaired) electrons. The van der Waals surface area contributed by atoms with Gasteiger partial charge in [0.15, 0.2) is 0 Å². The Hall–Kier alpha value is -2.70. The van der Waals surface area contributed by atoms with E-state index in [1.165, 1.54) is 19.2 Å². The van der Waals surface area contributed by atoms with Crippen molar-refractivity contribution in [3.05, 3.63) is 35.6 Å². The molecular formula is C19H22FN3O3. The van der Waals surface area contributed by atoms with Crippen molar-refractivity contribution < 1.29 is 18.7 Å². The molecule has 7 heteroatoms. The number of nitrogens with zero attached hydrogens (tertiary/aromatic N) is 2. The maximum atomic E-state index is 14.0. The summed E-state index contributed by atoms with van der Waals surface area (Å²) in [6, 6.07) is 6.22. The molecule has 1 unspecified atom stereocenters. The lowest BCUT2D eigenvalue weighted by Gasteiger charge is -2.14. The van der Waals surface area contributed by atoms with Crippen LogP contribution in [0, 0.1) is 11.7 Å². The van der Waals surface area contributed by atoms with Gasteiger partial charge in [-0.3, -0.25) is 4.79 Å². The van der Waals surface area contributed by atoms with Crippen LogP contribution >= 0.6 is 0 Å². The van der Waals surface area contributed by atoms with Crippen LogP contribution in [0.1, 0.15) is 25.8 Å². The van der Waals surface area contributed by atoms with E-state index in [0.717, 1.165) is 5.56 Å². The molecule has 2 aromatic rings. The fourth-order valence-electron chi connectivity index (χ4n) is 2.94. The smallest absolute Gasteiger partial charge is 0.233 e. The van der Waals surface area contributed by atoms with Crippen molar-refractivity contribution >= 4 is 5.91 Å². The number of methoxy groups -OCH3 is 1. The first kappa shape index (κ1) is 18.1. The zero-order chi connectivity index (χ0) is 18.7. The van der Waals surface area contributed by atoms with E-state index in [4.69, 9.17) is 9.47 Å². The first-order chi connectivity index (χ1) is 12.5. The normalized spacial score (nSPS) is 15.5. The van der Waals surface area contributed by atoms with E-state index in [1.807, 2.05) is 13.8 Å². The molecule has 1 aliphatic heterocycles. The fourth-order valence-corrected chi connectivity index (χ4v) is 2.94. The van der Waals surface area contributed by atoms with Crippen molar-refractivity contribution in [3.63, 3.8) is 0 Å². The second-order valence-electron chi connectivity index (χ2n) is 6.75. The highest BCUT2D eigenvalue weighted by molar-refractivity contribution is 5.76. The van der Waals surface area contributed by atoms with Crippen molar-refractivity contribution in [1.82, 2.24) is 15.5 Å². The molecule has 138 valence electrons.